The Balaban J connectivity index is 2.12. The average Bonchev–Trinajstić information content (AvgIpc) is 2.76. The Hall–Kier alpha value is -2.55. The highest BCUT2D eigenvalue weighted by Crippen LogP contribution is 2.22. The number of nitriles is 1. The molecule has 1 aliphatic rings. The zero-order valence-electron chi connectivity index (χ0n) is 9.55. The predicted molar refractivity (Wildman–Crippen MR) is 64.0 cm³/mol. The molecule has 0 unspecified atom stereocenters. The van der Waals surface area contributed by atoms with E-state index in [9.17, 15) is 9.59 Å². The van der Waals surface area contributed by atoms with E-state index in [0.29, 0.717) is 24.5 Å². The molecule has 6 nitrogen and oxygen atoms in total. The average molecular weight is 245 g/mol. The Bertz CT molecular complexity index is 522. The van der Waals surface area contributed by atoms with Crippen molar-refractivity contribution < 1.29 is 14.3 Å². The maximum Gasteiger partial charge on any atom is 0.414 e. The number of carbonyl (C=O) groups is 2. The number of nitrogens with one attached hydrogen (secondary N) is 1. The van der Waals surface area contributed by atoms with Gasteiger partial charge < -0.3 is 10.1 Å². The monoisotopic (exact) mass is 245 g/mol. The summed E-state index contributed by atoms with van der Waals surface area (Å²) < 4.78 is 4.84. The van der Waals surface area contributed by atoms with Gasteiger partial charge in [0.15, 0.2) is 0 Å². The number of benzene rings is 1. The quantitative estimate of drug-likeness (QED) is 0.874. The first-order valence-corrected chi connectivity index (χ1v) is 5.42. The molecule has 92 valence electrons. The summed E-state index contributed by atoms with van der Waals surface area (Å²) in [5.74, 6) is -0.376. The molecule has 1 heterocycles. The highest BCUT2D eigenvalue weighted by molar-refractivity contribution is 5.94. The second-order valence-electron chi connectivity index (χ2n) is 3.70. The van der Waals surface area contributed by atoms with Gasteiger partial charge in [-0.25, -0.2) is 4.79 Å². The topological polar surface area (TPSA) is 82.4 Å². The minimum Gasteiger partial charge on any atom is -0.447 e. The number of anilines is 2. The Labute approximate surface area is 104 Å². The number of rotatable bonds is 3. The molecule has 1 saturated heterocycles. The normalized spacial score (nSPS) is 13.9. The summed E-state index contributed by atoms with van der Waals surface area (Å²) in [4.78, 5) is 24.1. The van der Waals surface area contributed by atoms with Gasteiger partial charge in [0, 0.05) is 11.4 Å². The maximum atomic E-state index is 11.4. The van der Waals surface area contributed by atoms with E-state index in [-0.39, 0.29) is 12.3 Å². The van der Waals surface area contributed by atoms with Crippen LogP contribution in [0.2, 0.25) is 0 Å². The highest BCUT2D eigenvalue weighted by Gasteiger charge is 2.23. The summed E-state index contributed by atoms with van der Waals surface area (Å²) in [6.45, 7) is 0.859. The molecule has 0 radical (unpaired) electrons. The number of hydrogen-bond acceptors (Lipinski definition) is 4. The minimum atomic E-state index is -0.393. The van der Waals surface area contributed by atoms with Gasteiger partial charge in [0.1, 0.15) is 13.0 Å². The van der Waals surface area contributed by atoms with Crippen LogP contribution in [0.1, 0.15) is 6.42 Å². The first-order chi connectivity index (χ1) is 8.70. The minimum absolute atomic E-state index is 0.198. The van der Waals surface area contributed by atoms with Crippen LogP contribution in [0.25, 0.3) is 0 Å². The van der Waals surface area contributed by atoms with Crippen LogP contribution in [0, 0.1) is 11.3 Å². The maximum absolute atomic E-state index is 11.4. The van der Waals surface area contributed by atoms with E-state index in [1.54, 1.807) is 30.3 Å². The Morgan fingerprint density at radius 2 is 2.39 bits per heavy atom. The molecule has 2 amide bonds. The van der Waals surface area contributed by atoms with Crippen LogP contribution < -0.4 is 10.2 Å². The lowest BCUT2D eigenvalue weighted by atomic mass is 10.2. The number of carbonyl (C=O) groups excluding carboxylic acids is 2. The molecule has 0 spiro atoms. The lowest BCUT2D eigenvalue weighted by Gasteiger charge is -2.13. The fourth-order valence-corrected chi connectivity index (χ4v) is 1.66. The van der Waals surface area contributed by atoms with E-state index in [4.69, 9.17) is 10.00 Å². The van der Waals surface area contributed by atoms with E-state index >= 15 is 0 Å². The van der Waals surface area contributed by atoms with Gasteiger partial charge in [0.25, 0.3) is 0 Å². The molecule has 1 N–H and O–H groups in total. The third-order valence-corrected chi connectivity index (χ3v) is 2.44. The van der Waals surface area contributed by atoms with Crippen LogP contribution in [-0.4, -0.2) is 25.2 Å². The van der Waals surface area contributed by atoms with Gasteiger partial charge >= 0.3 is 6.09 Å². The molecule has 0 saturated carbocycles. The zero-order valence-corrected chi connectivity index (χ0v) is 9.55. The van der Waals surface area contributed by atoms with E-state index in [1.165, 1.54) is 4.90 Å². The fraction of sp³-hybridized carbons (Fsp3) is 0.250. The van der Waals surface area contributed by atoms with Gasteiger partial charge in [-0.1, -0.05) is 6.07 Å². The molecule has 1 fully saturated rings. The van der Waals surface area contributed by atoms with Gasteiger partial charge in [-0.3, -0.25) is 9.69 Å². The van der Waals surface area contributed by atoms with Crippen molar-refractivity contribution in [1.29, 1.82) is 5.26 Å². The second kappa shape index (κ2) is 5.19. The molecular weight excluding hydrogens is 234 g/mol. The van der Waals surface area contributed by atoms with Gasteiger partial charge in [-0.15, -0.1) is 0 Å². The molecule has 18 heavy (non-hydrogen) atoms. The molecular formula is C12H11N3O3. The predicted octanol–water partition coefficient (Wildman–Crippen LogP) is 1.50. The Kier molecular flexibility index (Phi) is 3.44. The lowest BCUT2D eigenvalue weighted by Crippen LogP contribution is -2.23. The molecule has 2 rings (SSSR count). The van der Waals surface area contributed by atoms with E-state index in [1.807, 2.05) is 0 Å². The SMILES string of the molecule is N#CCC(=O)Nc1cccc(N2CCOC2=O)c1. The molecule has 0 atom stereocenters. The van der Waals surface area contributed by atoms with Crippen LogP contribution >= 0.6 is 0 Å². The molecule has 0 aromatic heterocycles. The van der Waals surface area contributed by atoms with E-state index in [2.05, 4.69) is 5.32 Å². The van der Waals surface area contributed by atoms with Crippen molar-refractivity contribution in [2.75, 3.05) is 23.4 Å². The smallest absolute Gasteiger partial charge is 0.414 e. The number of nitrogens with zero attached hydrogens (tertiary/aromatic N) is 2. The van der Waals surface area contributed by atoms with Crippen LogP contribution in [-0.2, 0) is 9.53 Å². The van der Waals surface area contributed by atoms with Crippen molar-refractivity contribution in [3.8, 4) is 6.07 Å². The standard InChI is InChI=1S/C12H11N3O3/c13-5-4-11(16)14-9-2-1-3-10(8-9)15-6-7-18-12(15)17/h1-3,8H,4,6-7H2,(H,14,16). The third kappa shape index (κ3) is 2.58. The largest absolute Gasteiger partial charge is 0.447 e. The van der Waals surface area contributed by atoms with Gasteiger partial charge in [0.2, 0.25) is 5.91 Å². The lowest BCUT2D eigenvalue weighted by molar-refractivity contribution is -0.115. The van der Waals surface area contributed by atoms with Crippen LogP contribution in [0.3, 0.4) is 0 Å². The van der Waals surface area contributed by atoms with Gasteiger partial charge in [0.05, 0.1) is 12.6 Å². The van der Waals surface area contributed by atoms with Gasteiger partial charge in [-0.2, -0.15) is 5.26 Å². The van der Waals surface area contributed by atoms with Crippen molar-refractivity contribution in [3.63, 3.8) is 0 Å². The van der Waals surface area contributed by atoms with Crippen molar-refractivity contribution in [1.82, 2.24) is 0 Å². The number of cyclic esters (lactones) is 1. The summed E-state index contributed by atoms with van der Waals surface area (Å²) >= 11 is 0. The highest BCUT2D eigenvalue weighted by atomic mass is 16.6. The fourth-order valence-electron chi connectivity index (χ4n) is 1.66. The first-order valence-electron chi connectivity index (χ1n) is 5.42. The van der Waals surface area contributed by atoms with Crippen molar-refractivity contribution >= 4 is 23.4 Å². The summed E-state index contributed by atoms with van der Waals surface area (Å²) in [6.07, 6.45) is -0.591. The first kappa shape index (κ1) is 11.9. The molecule has 1 aromatic carbocycles. The molecule has 0 bridgehead atoms. The Morgan fingerprint density at radius 3 is 3.06 bits per heavy atom. The van der Waals surface area contributed by atoms with Crippen molar-refractivity contribution in [2.45, 2.75) is 6.42 Å². The van der Waals surface area contributed by atoms with Gasteiger partial charge in [-0.05, 0) is 18.2 Å². The van der Waals surface area contributed by atoms with E-state index in [0.717, 1.165) is 0 Å². The number of amides is 2. The van der Waals surface area contributed by atoms with Crippen molar-refractivity contribution in [3.05, 3.63) is 24.3 Å². The summed E-state index contributed by atoms with van der Waals surface area (Å²) in [7, 11) is 0. The summed E-state index contributed by atoms with van der Waals surface area (Å²) in [6, 6.07) is 8.61. The molecule has 0 aliphatic carbocycles. The molecule has 1 aromatic rings. The van der Waals surface area contributed by atoms with E-state index < -0.39 is 6.09 Å². The molecule has 1 aliphatic heterocycles. The molecule has 6 heteroatoms. The Morgan fingerprint density at radius 1 is 1.56 bits per heavy atom. The summed E-state index contributed by atoms with van der Waals surface area (Å²) in [5.41, 5.74) is 1.21. The summed E-state index contributed by atoms with van der Waals surface area (Å²) in [5, 5.41) is 11.0. The van der Waals surface area contributed by atoms with Crippen LogP contribution in [0.4, 0.5) is 16.2 Å². The number of hydrogen-bond donors (Lipinski definition) is 1. The van der Waals surface area contributed by atoms with Crippen LogP contribution in [0.5, 0.6) is 0 Å². The zero-order chi connectivity index (χ0) is 13.0. The van der Waals surface area contributed by atoms with Crippen molar-refractivity contribution in [2.24, 2.45) is 0 Å². The number of ether oxygens (including phenoxy) is 1. The third-order valence-electron chi connectivity index (χ3n) is 2.44. The van der Waals surface area contributed by atoms with Crippen LogP contribution in [0.15, 0.2) is 24.3 Å². The second-order valence-corrected chi connectivity index (χ2v) is 3.70.